The van der Waals surface area contributed by atoms with Gasteiger partial charge in [0.25, 0.3) is 5.91 Å². The summed E-state index contributed by atoms with van der Waals surface area (Å²) in [5.74, 6) is 3.02. The van der Waals surface area contributed by atoms with Crippen LogP contribution >= 0.6 is 11.8 Å². The van der Waals surface area contributed by atoms with Gasteiger partial charge in [0.15, 0.2) is 0 Å². The van der Waals surface area contributed by atoms with E-state index in [1.165, 1.54) is 25.7 Å². The molecule has 0 radical (unpaired) electrons. The third-order valence-electron chi connectivity index (χ3n) is 5.45. The highest BCUT2D eigenvalue weighted by atomic mass is 32.2. The average Bonchev–Trinajstić information content (AvgIpc) is 3.17. The number of amides is 1. The molecule has 120 valence electrons. The molecule has 1 N–H and O–H groups in total. The van der Waals surface area contributed by atoms with E-state index in [9.17, 15) is 4.79 Å². The molecule has 3 rings (SSSR count). The molecule has 3 nitrogen and oxygen atoms in total. The van der Waals surface area contributed by atoms with Crippen LogP contribution in [0.4, 0.5) is 0 Å². The van der Waals surface area contributed by atoms with Gasteiger partial charge in [-0.05, 0) is 68.4 Å². The van der Waals surface area contributed by atoms with Gasteiger partial charge >= 0.3 is 0 Å². The van der Waals surface area contributed by atoms with Crippen LogP contribution in [0.25, 0.3) is 0 Å². The van der Waals surface area contributed by atoms with Crippen molar-refractivity contribution in [3.63, 3.8) is 0 Å². The summed E-state index contributed by atoms with van der Waals surface area (Å²) in [6, 6.07) is 6.02. The Kier molecular flexibility index (Phi) is 4.67. The quantitative estimate of drug-likeness (QED) is 0.835. The Bertz CT molecular complexity index is 560. The molecule has 2 aliphatic rings. The number of hydrogen-bond acceptors (Lipinski definition) is 3. The van der Waals surface area contributed by atoms with Crippen LogP contribution in [0.1, 0.15) is 43.0 Å². The minimum atomic E-state index is -0.0141. The van der Waals surface area contributed by atoms with Gasteiger partial charge in [-0.2, -0.15) is 0 Å². The second-order valence-corrected chi connectivity index (χ2v) is 7.55. The minimum Gasteiger partial charge on any atom is -0.496 e. The highest BCUT2D eigenvalue weighted by Gasteiger charge is 2.42. The molecule has 4 unspecified atom stereocenters. The zero-order chi connectivity index (χ0) is 15.7. The topological polar surface area (TPSA) is 38.3 Å². The summed E-state index contributed by atoms with van der Waals surface area (Å²) < 4.78 is 5.39. The number of carbonyl (C=O) groups is 1. The van der Waals surface area contributed by atoms with E-state index in [-0.39, 0.29) is 11.9 Å². The van der Waals surface area contributed by atoms with Crippen molar-refractivity contribution < 1.29 is 9.53 Å². The van der Waals surface area contributed by atoms with Crippen LogP contribution in [0.3, 0.4) is 0 Å². The van der Waals surface area contributed by atoms with E-state index in [4.69, 9.17) is 4.74 Å². The number of methoxy groups -OCH3 is 1. The first-order valence-corrected chi connectivity index (χ1v) is 9.37. The number of carbonyl (C=O) groups excluding carboxylic acids is 1. The molecule has 1 aromatic carbocycles. The summed E-state index contributed by atoms with van der Waals surface area (Å²) >= 11 is 1.65. The third-order valence-corrected chi connectivity index (χ3v) is 6.17. The lowest BCUT2D eigenvalue weighted by molar-refractivity contribution is 0.0912. The van der Waals surface area contributed by atoms with Crippen molar-refractivity contribution in [2.75, 3.05) is 13.4 Å². The standard InChI is InChI=1S/C18H25NO2S/c1-11(16-9-12-4-5-13(16)8-12)19-18(20)15-7-6-14(22-3)10-17(15)21-2/h6-7,10-13,16H,4-5,8-9H2,1-3H3,(H,19,20). The Labute approximate surface area is 137 Å². The smallest absolute Gasteiger partial charge is 0.255 e. The fraction of sp³-hybridized carbons (Fsp3) is 0.611. The van der Waals surface area contributed by atoms with E-state index in [0.717, 1.165) is 16.7 Å². The van der Waals surface area contributed by atoms with Crippen LogP contribution in [0.15, 0.2) is 23.1 Å². The predicted octanol–water partition coefficient (Wildman–Crippen LogP) is 3.97. The van der Waals surface area contributed by atoms with E-state index in [1.807, 2.05) is 24.5 Å². The molecule has 2 saturated carbocycles. The van der Waals surface area contributed by atoms with Crippen molar-refractivity contribution in [2.45, 2.75) is 43.5 Å². The fourth-order valence-electron chi connectivity index (χ4n) is 4.28. The van der Waals surface area contributed by atoms with Gasteiger partial charge in [-0.25, -0.2) is 0 Å². The minimum absolute atomic E-state index is 0.0141. The van der Waals surface area contributed by atoms with Crippen LogP contribution in [-0.2, 0) is 0 Å². The lowest BCUT2D eigenvalue weighted by Gasteiger charge is -2.28. The summed E-state index contributed by atoms with van der Waals surface area (Å²) in [6.45, 7) is 2.16. The van der Waals surface area contributed by atoms with Gasteiger partial charge in [0.05, 0.1) is 12.7 Å². The summed E-state index contributed by atoms with van der Waals surface area (Å²) in [5.41, 5.74) is 0.635. The van der Waals surface area contributed by atoms with Crippen molar-refractivity contribution in [3.8, 4) is 5.75 Å². The van der Waals surface area contributed by atoms with Crippen molar-refractivity contribution >= 4 is 17.7 Å². The van der Waals surface area contributed by atoms with Crippen molar-refractivity contribution in [1.29, 1.82) is 0 Å². The number of benzene rings is 1. The van der Waals surface area contributed by atoms with Crippen LogP contribution < -0.4 is 10.1 Å². The Morgan fingerprint density at radius 1 is 1.36 bits per heavy atom. The number of thioether (sulfide) groups is 1. The molecular formula is C18H25NO2S. The molecule has 2 fully saturated rings. The van der Waals surface area contributed by atoms with Crippen molar-refractivity contribution in [1.82, 2.24) is 5.32 Å². The van der Waals surface area contributed by atoms with Gasteiger partial charge < -0.3 is 10.1 Å². The molecule has 4 heteroatoms. The highest BCUT2D eigenvalue weighted by Crippen LogP contribution is 2.49. The highest BCUT2D eigenvalue weighted by molar-refractivity contribution is 7.98. The van der Waals surface area contributed by atoms with E-state index >= 15 is 0 Å². The zero-order valence-corrected chi connectivity index (χ0v) is 14.4. The summed E-state index contributed by atoms with van der Waals surface area (Å²) in [4.78, 5) is 13.7. The van der Waals surface area contributed by atoms with Crippen molar-refractivity contribution in [3.05, 3.63) is 23.8 Å². The average molecular weight is 319 g/mol. The maximum atomic E-state index is 12.6. The molecule has 0 aliphatic heterocycles. The lowest BCUT2D eigenvalue weighted by Crippen LogP contribution is -2.40. The molecule has 1 amide bonds. The fourth-order valence-corrected chi connectivity index (χ4v) is 4.71. The van der Waals surface area contributed by atoms with Gasteiger partial charge in [-0.3, -0.25) is 4.79 Å². The summed E-state index contributed by atoms with van der Waals surface area (Å²) in [5, 5.41) is 3.21. The van der Waals surface area contributed by atoms with Crippen LogP contribution in [0, 0.1) is 17.8 Å². The first-order valence-electron chi connectivity index (χ1n) is 8.15. The predicted molar refractivity (Wildman–Crippen MR) is 90.6 cm³/mol. The largest absolute Gasteiger partial charge is 0.496 e. The van der Waals surface area contributed by atoms with E-state index < -0.39 is 0 Å². The zero-order valence-electron chi connectivity index (χ0n) is 13.6. The van der Waals surface area contributed by atoms with E-state index in [0.29, 0.717) is 17.2 Å². The molecule has 4 atom stereocenters. The van der Waals surface area contributed by atoms with E-state index in [2.05, 4.69) is 12.2 Å². The number of fused-ring (bicyclic) bond motifs is 2. The molecule has 0 spiro atoms. The Morgan fingerprint density at radius 3 is 2.77 bits per heavy atom. The first-order chi connectivity index (χ1) is 10.6. The monoisotopic (exact) mass is 319 g/mol. The molecule has 0 heterocycles. The molecule has 0 saturated heterocycles. The Morgan fingerprint density at radius 2 is 2.18 bits per heavy atom. The summed E-state index contributed by atoms with van der Waals surface area (Å²) in [6.07, 6.45) is 7.42. The van der Waals surface area contributed by atoms with Gasteiger partial charge in [0.2, 0.25) is 0 Å². The Balaban J connectivity index is 1.69. The first kappa shape index (κ1) is 15.7. The molecule has 2 bridgehead atoms. The van der Waals surface area contributed by atoms with Crippen LogP contribution in [0.5, 0.6) is 5.75 Å². The van der Waals surface area contributed by atoms with Crippen molar-refractivity contribution in [2.24, 2.45) is 17.8 Å². The molecule has 22 heavy (non-hydrogen) atoms. The maximum absolute atomic E-state index is 12.6. The molecule has 2 aliphatic carbocycles. The molecular weight excluding hydrogens is 294 g/mol. The molecule has 0 aromatic heterocycles. The van der Waals surface area contributed by atoms with Gasteiger partial charge in [-0.15, -0.1) is 11.8 Å². The molecule has 1 aromatic rings. The van der Waals surface area contributed by atoms with Gasteiger partial charge in [-0.1, -0.05) is 6.42 Å². The van der Waals surface area contributed by atoms with Gasteiger partial charge in [0.1, 0.15) is 5.75 Å². The number of hydrogen-bond donors (Lipinski definition) is 1. The number of nitrogens with one attached hydrogen (secondary N) is 1. The lowest BCUT2D eigenvalue weighted by atomic mass is 9.84. The summed E-state index contributed by atoms with van der Waals surface area (Å²) in [7, 11) is 1.62. The second-order valence-electron chi connectivity index (χ2n) is 6.67. The Hall–Kier alpha value is -1.16. The van der Waals surface area contributed by atoms with Gasteiger partial charge in [0, 0.05) is 10.9 Å². The SMILES string of the molecule is COc1cc(SC)ccc1C(=O)NC(C)C1CC2CCC1C2. The van der Waals surface area contributed by atoms with Crippen LogP contribution in [-0.4, -0.2) is 25.3 Å². The third kappa shape index (κ3) is 2.98. The van der Waals surface area contributed by atoms with Crippen LogP contribution in [0.2, 0.25) is 0 Å². The number of ether oxygens (including phenoxy) is 1. The number of rotatable bonds is 5. The normalized spacial score (nSPS) is 27.7. The second kappa shape index (κ2) is 6.53. The van der Waals surface area contributed by atoms with E-state index in [1.54, 1.807) is 18.9 Å². The maximum Gasteiger partial charge on any atom is 0.255 e.